The van der Waals surface area contributed by atoms with Crippen molar-refractivity contribution in [2.75, 3.05) is 25.1 Å². The fourth-order valence-electron chi connectivity index (χ4n) is 3.49. The number of carbonyl (C=O) groups is 1. The largest absolute Gasteiger partial charge is 0.496 e. The number of methoxy groups -OCH3 is 1. The molecule has 0 aliphatic carbocycles. The molecule has 25 heavy (non-hydrogen) atoms. The van der Waals surface area contributed by atoms with Crippen LogP contribution in [0, 0.1) is 0 Å². The van der Waals surface area contributed by atoms with Crippen LogP contribution in [-0.2, 0) is 11.2 Å². The number of carboxylic acid groups (broad SMARTS) is 1. The van der Waals surface area contributed by atoms with Crippen LogP contribution in [0.4, 0.5) is 5.69 Å². The van der Waals surface area contributed by atoms with Crippen LogP contribution in [0.25, 0.3) is 0 Å². The van der Waals surface area contributed by atoms with Crippen molar-refractivity contribution in [1.82, 2.24) is 4.98 Å². The number of benzene rings is 1. The Kier molecular flexibility index (Phi) is 5.53. The van der Waals surface area contributed by atoms with E-state index >= 15 is 0 Å². The molecular formula is C20H24N2O3. The van der Waals surface area contributed by atoms with Gasteiger partial charge in [0.15, 0.2) is 0 Å². The van der Waals surface area contributed by atoms with Gasteiger partial charge >= 0.3 is 5.97 Å². The zero-order valence-corrected chi connectivity index (χ0v) is 14.5. The van der Waals surface area contributed by atoms with Gasteiger partial charge in [-0.25, -0.2) is 0 Å². The van der Waals surface area contributed by atoms with E-state index in [1.807, 2.05) is 18.5 Å². The molecule has 1 aliphatic rings. The molecule has 5 heteroatoms. The molecule has 1 fully saturated rings. The van der Waals surface area contributed by atoms with Crippen LogP contribution in [0.5, 0.6) is 5.75 Å². The van der Waals surface area contributed by atoms with E-state index in [1.165, 1.54) is 11.3 Å². The van der Waals surface area contributed by atoms with Gasteiger partial charge in [-0.1, -0.05) is 12.1 Å². The Labute approximate surface area is 148 Å². The van der Waals surface area contributed by atoms with Crippen LogP contribution in [-0.4, -0.2) is 36.3 Å². The third-order valence-corrected chi connectivity index (χ3v) is 4.91. The number of aromatic nitrogens is 1. The fourth-order valence-corrected chi connectivity index (χ4v) is 3.49. The van der Waals surface area contributed by atoms with Crippen molar-refractivity contribution in [3.8, 4) is 5.75 Å². The van der Waals surface area contributed by atoms with E-state index in [4.69, 9.17) is 9.84 Å². The molecule has 3 rings (SSSR count). The molecule has 1 N–H and O–H groups in total. The van der Waals surface area contributed by atoms with Gasteiger partial charge in [0.25, 0.3) is 0 Å². The minimum Gasteiger partial charge on any atom is -0.496 e. The van der Waals surface area contributed by atoms with Crippen LogP contribution in [0.1, 0.15) is 36.3 Å². The summed E-state index contributed by atoms with van der Waals surface area (Å²) in [5.74, 6) is 0.533. The molecule has 0 radical (unpaired) electrons. The molecule has 1 aromatic carbocycles. The van der Waals surface area contributed by atoms with Gasteiger partial charge in [0.05, 0.1) is 7.11 Å². The van der Waals surface area contributed by atoms with E-state index in [0.717, 1.165) is 37.2 Å². The van der Waals surface area contributed by atoms with Gasteiger partial charge < -0.3 is 14.7 Å². The molecule has 1 saturated heterocycles. The first kappa shape index (κ1) is 17.3. The summed E-state index contributed by atoms with van der Waals surface area (Å²) in [4.78, 5) is 17.3. The quantitative estimate of drug-likeness (QED) is 0.872. The topological polar surface area (TPSA) is 62.7 Å². The van der Waals surface area contributed by atoms with Gasteiger partial charge in [-0.3, -0.25) is 9.78 Å². The summed E-state index contributed by atoms with van der Waals surface area (Å²) in [6.07, 6.45) is 6.49. The van der Waals surface area contributed by atoms with Gasteiger partial charge in [0.2, 0.25) is 0 Å². The maximum Gasteiger partial charge on any atom is 0.303 e. The number of anilines is 1. The van der Waals surface area contributed by atoms with E-state index in [1.54, 1.807) is 7.11 Å². The Morgan fingerprint density at radius 2 is 1.96 bits per heavy atom. The van der Waals surface area contributed by atoms with E-state index in [-0.39, 0.29) is 6.42 Å². The Morgan fingerprint density at radius 1 is 1.24 bits per heavy atom. The first-order chi connectivity index (χ1) is 12.2. The highest BCUT2D eigenvalue weighted by Crippen LogP contribution is 2.33. The highest BCUT2D eigenvalue weighted by atomic mass is 16.5. The third kappa shape index (κ3) is 4.29. The van der Waals surface area contributed by atoms with E-state index in [0.29, 0.717) is 12.3 Å². The molecular weight excluding hydrogens is 316 g/mol. The zero-order valence-electron chi connectivity index (χ0n) is 14.5. The molecule has 0 unspecified atom stereocenters. The molecule has 132 valence electrons. The van der Waals surface area contributed by atoms with Crippen LogP contribution >= 0.6 is 0 Å². The average molecular weight is 340 g/mol. The number of pyridine rings is 1. The van der Waals surface area contributed by atoms with Gasteiger partial charge in [-0.05, 0) is 54.5 Å². The summed E-state index contributed by atoms with van der Waals surface area (Å²) in [6, 6.07) is 10.4. The summed E-state index contributed by atoms with van der Waals surface area (Å²) in [5, 5.41) is 8.87. The fraction of sp³-hybridized carbons (Fsp3) is 0.400. The number of hydrogen-bond donors (Lipinski definition) is 1. The first-order valence-electron chi connectivity index (χ1n) is 8.71. The van der Waals surface area contributed by atoms with E-state index in [9.17, 15) is 4.79 Å². The second kappa shape index (κ2) is 8.01. The Morgan fingerprint density at radius 3 is 2.60 bits per heavy atom. The number of aryl methyl sites for hydroxylation is 1. The van der Waals surface area contributed by atoms with Crippen molar-refractivity contribution in [2.24, 2.45) is 0 Å². The lowest BCUT2D eigenvalue weighted by atomic mass is 9.88. The highest BCUT2D eigenvalue weighted by Gasteiger charge is 2.21. The maximum atomic E-state index is 10.8. The molecule has 0 bridgehead atoms. The molecule has 1 aliphatic heterocycles. The number of hydrogen-bond acceptors (Lipinski definition) is 4. The van der Waals surface area contributed by atoms with Crippen molar-refractivity contribution in [1.29, 1.82) is 0 Å². The highest BCUT2D eigenvalue weighted by molar-refractivity contribution is 5.67. The maximum absolute atomic E-state index is 10.8. The van der Waals surface area contributed by atoms with Crippen LogP contribution < -0.4 is 9.64 Å². The Hall–Kier alpha value is -2.56. The minimum absolute atomic E-state index is 0.125. The van der Waals surface area contributed by atoms with Crippen molar-refractivity contribution in [3.05, 3.63) is 53.9 Å². The van der Waals surface area contributed by atoms with Crippen molar-refractivity contribution in [2.45, 2.75) is 31.6 Å². The number of aliphatic carboxylic acids is 1. The van der Waals surface area contributed by atoms with Crippen molar-refractivity contribution in [3.63, 3.8) is 0 Å². The first-order valence-corrected chi connectivity index (χ1v) is 8.71. The number of nitrogens with zero attached hydrogens (tertiary/aromatic N) is 2. The summed E-state index contributed by atoms with van der Waals surface area (Å²) in [5.41, 5.74) is 3.48. The third-order valence-electron chi connectivity index (χ3n) is 4.91. The number of carboxylic acids is 1. The summed E-state index contributed by atoms with van der Waals surface area (Å²) in [6.45, 7) is 2.05. The van der Waals surface area contributed by atoms with Gasteiger partial charge in [0, 0.05) is 37.6 Å². The lowest BCUT2D eigenvalue weighted by molar-refractivity contribution is -0.136. The lowest BCUT2D eigenvalue weighted by Crippen LogP contribution is -2.32. The number of ether oxygens (including phenoxy) is 1. The van der Waals surface area contributed by atoms with Gasteiger partial charge in [0.1, 0.15) is 5.75 Å². The lowest BCUT2D eigenvalue weighted by Gasteiger charge is -2.34. The molecule has 0 amide bonds. The second-order valence-electron chi connectivity index (χ2n) is 6.43. The van der Waals surface area contributed by atoms with Crippen LogP contribution in [0.2, 0.25) is 0 Å². The SMILES string of the molecule is COc1cc(C2CCN(c3ccncc3)CC2)ccc1CCC(=O)O. The molecule has 2 aromatic rings. The monoisotopic (exact) mass is 340 g/mol. The summed E-state index contributed by atoms with van der Waals surface area (Å²) >= 11 is 0. The molecule has 0 atom stereocenters. The molecule has 2 heterocycles. The molecule has 1 aromatic heterocycles. The minimum atomic E-state index is -0.783. The number of rotatable bonds is 6. The smallest absolute Gasteiger partial charge is 0.303 e. The molecule has 0 spiro atoms. The second-order valence-corrected chi connectivity index (χ2v) is 6.43. The van der Waals surface area contributed by atoms with Crippen LogP contribution in [0.3, 0.4) is 0 Å². The average Bonchev–Trinajstić information content (AvgIpc) is 2.67. The normalized spacial score (nSPS) is 15.2. The standard InChI is InChI=1S/C20H24N2O3/c1-25-19-14-17(3-2-16(19)4-5-20(23)24)15-8-12-22(13-9-15)18-6-10-21-11-7-18/h2-3,6-7,10-11,14-15H,4-5,8-9,12-13H2,1H3,(H,23,24). The summed E-state index contributed by atoms with van der Waals surface area (Å²) in [7, 11) is 1.65. The van der Waals surface area contributed by atoms with E-state index < -0.39 is 5.97 Å². The van der Waals surface area contributed by atoms with Gasteiger partial charge in [-0.2, -0.15) is 0 Å². The Balaban J connectivity index is 1.65. The predicted octanol–water partition coefficient (Wildman–Crippen LogP) is 3.49. The predicted molar refractivity (Wildman–Crippen MR) is 97.4 cm³/mol. The van der Waals surface area contributed by atoms with Crippen molar-refractivity contribution < 1.29 is 14.6 Å². The van der Waals surface area contributed by atoms with Gasteiger partial charge in [-0.15, -0.1) is 0 Å². The van der Waals surface area contributed by atoms with Crippen molar-refractivity contribution >= 4 is 11.7 Å². The summed E-state index contributed by atoms with van der Waals surface area (Å²) < 4.78 is 5.49. The Bertz CT molecular complexity index is 710. The molecule has 5 nitrogen and oxygen atoms in total. The van der Waals surface area contributed by atoms with E-state index in [2.05, 4.69) is 34.1 Å². The molecule has 0 saturated carbocycles. The number of piperidine rings is 1. The zero-order chi connectivity index (χ0) is 17.6. The van der Waals surface area contributed by atoms with Crippen LogP contribution in [0.15, 0.2) is 42.7 Å².